The van der Waals surface area contributed by atoms with Crippen LogP contribution in [0.2, 0.25) is 0 Å². The van der Waals surface area contributed by atoms with Gasteiger partial charge in [-0.2, -0.15) is 0 Å². The van der Waals surface area contributed by atoms with Crippen LogP contribution in [0.4, 0.5) is 0 Å². The largest absolute Gasteiger partial charge is 0.494 e. The molecule has 1 aromatic carbocycles. The summed E-state index contributed by atoms with van der Waals surface area (Å²) in [5.74, 6) is 3.99. The van der Waals surface area contributed by atoms with Crippen LogP contribution >= 0.6 is 11.3 Å². The van der Waals surface area contributed by atoms with E-state index in [-0.39, 0.29) is 12.1 Å². The first-order chi connectivity index (χ1) is 11.6. The maximum atomic E-state index is 12.9. The topological polar surface area (TPSA) is 44.1 Å². The van der Waals surface area contributed by atoms with Crippen molar-refractivity contribution in [3.8, 4) is 29.2 Å². The number of nitrogens with zero attached hydrogens (tertiary/aromatic N) is 2. The Bertz CT molecular complexity index is 991. The van der Waals surface area contributed by atoms with Crippen molar-refractivity contribution in [2.75, 3.05) is 6.61 Å². The Morgan fingerprint density at radius 2 is 2.00 bits per heavy atom. The van der Waals surface area contributed by atoms with E-state index in [1.54, 1.807) is 4.57 Å². The molecule has 2 heterocycles. The molecule has 0 fully saturated rings. The van der Waals surface area contributed by atoms with Crippen LogP contribution in [0.5, 0.6) is 5.75 Å². The van der Waals surface area contributed by atoms with Gasteiger partial charge < -0.3 is 4.74 Å². The first kappa shape index (κ1) is 16.3. The van der Waals surface area contributed by atoms with Gasteiger partial charge in [0.25, 0.3) is 5.56 Å². The molecule has 0 atom stereocenters. The van der Waals surface area contributed by atoms with E-state index in [0.717, 1.165) is 26.6 Å². The standard InChI is InChI=1S/C19H18N2O2S/c1-5-11-21-13(4)20-18-17(19(21)22)16(12(3)24-18)14-7-9-15(10-8-14)23-6-2/h1,7-10H,6,11H2,2-4H3. The average molecular weight is 338 g/mol. The highest BCUT2D eigenvalue weighted by atomic mass is 32.1. The molecular formula is C19H18N2O2S. The Labute approximate surface area is 144 Å². The first-order valence-electron chi connectivity index (χ1n) is 7.74. The SMILES string of the molecule is C#CCn1c(C)nc2sc(C)c(-c3ccc(OCC)cc3)c2c1=O. The van der Waals surface area contributed by atoms with E-state index in [9.17, 15) is 4.79 Å². The first-order valence-corrected chi connectivity index (χ1v) is 8.55. The number of hydrogen-bond acceptors (Lipinski definition) is 4. The van der Waals surface area contributed by atoms with Crippen molar-refractivity contribution in [1.82, 2.24) is 9.55 Å². The lowest BCUT2D eigenvalue weighted by Gasteiger charge is -2.08. The molecule has 4 nitrogen and oxygen atoms in total. The fourth-order valence-electron chi connectivity index (χ4n) is 2.81. The monoisotopic (exact) mass is 338 g/mol. The van der Waals surface area contributed by atoms with Crippen molar-refractivity contribution in [1.29, 1.82) is 0 Å². The van der Waals surface area contributed by atoms with Gasteiger partial charge in [0.2, 0.25) is 0 Å². The van der Waals surface area contributed by atoms with Gasteiger partial charge in [-0.15, -0.1) is 17.8 Å². The summed E-state index contributed by atoms with van der Waals surface area (Å²) in [4.78, 5) is 19.3. The number of aromatic nitrogens is 2. The van der Waals surface area contributed by atoms with Crippen LogP contribution < -0.4 is 10.3 Å². The van der Waals surface area contributed by atoms with Gasteiger partial charge in [0.15, 0.2) is 0 Å². The molecule has 0 saturated carbocycles. The molecule has 5 heteroatoms. The van der Waals surface area contributed by atoms with Crippen molar-refractivity contribution in [3.63, 3.8) is 0 Å². The molecule has 3 rings (SSSR count). The van der Waals surface area contributed by atoms with E-state index in [2.05, 4.69) is 10.9 Å². The van der Waals surface area contributed by atoms with Gasteiger partial charge in [0.05, 0.1) is 18.5 Å². The van der Waals surface area contributed by atoms with Crippen LogP contribution in [0.1, 0.15) is 17.6 Å². The third-order valence-electron chi connectivity index (χ3n) is 3.88. The highest BCUT2D eigenvalue weighted by molar-refractivity contribution is 7.19. The van der Waals surface area contributed by atoms with Crippen LogP contribution in [0.3, 0.4) is 0 Å². The van der Waals surface area contributed by atoms with Crippen LogP contribution in [0, 0.1) is 26.2 Å². The second-order valence-corrected chi connectivity index (χ2v) is 6.63. The normalized spacial score (nSPS) is 10.8. The van der Waals surface area contributed by atoms with Gasteiger partial charge in [-0.1, -0.05) is 18.1 Å². The average Bonchev–Trinajstić information content (AvgIpc) is 2.88. The molecule has 0 N–H and O–H groups in total. The summed E-state index contributed by atoms with van der Waals surface area (Å²) in [6, 6.07) is 7.79. The number of fused-ring (bicyclic) bond motifs is 1. The molecule has 0 unspecified atom stereocenters. The maximum Gasteiger partial charge on any atom is 0.263 e. The van der Waals surface area contributed by atoms with Crippen LogP contribution in [0.25, 0.3) is 21.3 Å². The number of benzene rings is 1. The van der Waals surface area contributed by atoms with E-state index in [4.69, 9.17) is 11.2 Å². The Morgan fingerprint density at radius 1 is 1.29 bits per heavy atom. The lowest BCUT2D eigenvalue weighted by atomic mass is 10.0. The van der Waals surface area contributed by atoms with E-state index in [1.165, 1.54) is 11.3 Å². The highest BCUT2D eigenvalue weighted by Crippen LogP contribution is 2.36. The minimum atomic E-state index is -0.0799. The molecule has 122 valence electrons. The number of rotatable bonds is 4. The molecule has 2 aromatic heterocycles. The van der Waals surface area contributed by atoms with Gasteiger partial charge in [-0.3, -0.25) is 9.36 Å². The number of ether oxygens (including phenoxy) is 1. The molecular weight excluding hydrogens is 320 g/mol. The molecule has 24 heavy (non-hydrogen) atoms. The molecule has 0 saturated heterocycles. The van der Waals surface area contributed by atoms with E-state index < -0.39 is 0 Å². The van der Waals surface area contributed by atoms with Gasteiger partial charge in [0, 0.05) is 10.4 Å². The van der Waals surface area contributed by atoms with Crippen LogP contribution in [-0.4, -0.2) is 16.2 Å². The highest BCUT2D eigenvalue weighted by Gasteiger charge is 2.18. The number of hydrogen-bond donors (Lipinski definition) is 0. The molecule has 0 amide bonds. The zero-order valence-electron chi connectivity index (χ0n) is 13.9. The Kier molecular flexibility index (Phi) is 4.41. The van der Waals surface area contributed by atoms with Gasteiger partial charge >= 0.3 is 0 Å². The van der Waals surface area contributed by atoms with Gasteiger partial charge in [0.1, 0.15) is 16.4 Å². The summed E-state index contributed by atoms with van der Waals surface area (Å²) < 4.78 is 7.04. The Balaban J connectivity index is 2.24. The summed E-state index contributed by atoms with van der Waals surface area (Å²) >= 11 is 1.54. The lowest BCUT2D eigenvalue weighted by Crippen LogP contribution is -2.23. The zero-order chi connectivity index (χ0) is 17.3. The molecule has 0 bridgehead atoms. The summed E-state index contributed by atoms with van der Waals surface area (Å²) in [5, 5.41) is 0.641. The van der Waals surface area contributed by atoms with Gasteiger partial charge in [-0.25, -0.2) is 4.98 Å². The zero-order valence-corrected chi connectivity index (χ0v) is 14.7. The number of thiophene rings is 1. The third kappa shape index (κ3) is 2.70. The molecule has 0 aliphatic heterocycles. The minimum absolute atomic E-state index is 0.0799. The van der Waals surface area contributed by atoms with Crippen molar-refractivity contribution in [2.45, 2.75) is 27.3 Å². The molecule has 3 aromatic rings. The van der Waals surface area contributed by atoms with E-state index in [1.807, 2.05) is 45.0 Å². The predicted molar refractivity (Wildman–Crippen MR) is 98.8 cm³/mol. The van der Waals surface area contributed by atoms with Crippen molar-refractivity contribution >= 4 is 21.6 Å². The van der Waals surface area contributed by atoms with Crippen LogP contribution in [0.15, 0.2) is 29.1 Å². The lowest BCUT2D eigenvalue weighted by molar-refractivity contribution is 0.340. The number of terminal acetylenes is 1. The summed E-state index contributed by atoms with van der Waals surface area (Å²) in [6.07, 6.45) is 5.39. The fourth-order valence-corrected chi connectivity index (χ4v) is 3.89. The van der Waals surface area contributed by atoms with Crippen molar-refractivity contribution in [2.24, 2.45) is 0 Å². The molecule has 0 spiro atoms. The second kappa shape index (κ2) is 6.50. The van der Waals surface area contributed by atoms with Crippen molar-refractivity contribution < 1.29 is 4.74 Å². The fraction of sp³-hybridized carbons (Fsp3) is 0.263. The van der Waals surface area contributed by atoms with Crippen molar-refractivity contribution in [3.05, 3.63) is 45.3 Å². The summed E-state index contributed by atoms with van der Waals surface area (Å²) in [7, 11) is 0. The van der Waals surface area contributed by atoms with Gasteiger partial charge in [-0.05, 0) is 38.5 Å². The van der Waals surface area contributed by atoms with E-state index >= 15 is 0 Å². The van der Waals surface area contributed by atoms with E-state index in [0.29, 0.717) is 17.8 Å². The molecule has 0 aliphatic carbocycles. The summed E-state index contributed by atoms with van der Waals surface area (Å²) in [6.45, 7) is 6.62. The molecule has 0 radical (unpaired) electrons. The second-order valence-electron chi connectivity index (χ2n) is 5.43. The minimum Gasteiger partial charge on any atom is -0.494 e. The molecule has 0 aliphatic rings. The smallest absolute Gasteiger partial charge is 0.263 e. The maximum absolute atomic E-state index is 12.9. The quantitative estimate of drug-likeness (QED) is 0.680. The number of aryl methyl sites for hydroxylation is 2. The third-order valence-corrected chi connectivity index (χ3v) is 4.88. The van der Waals surface area contributed by atoms with Crippen LogP contribution in [-0.2, 0) is 6.54 Å². The summed E-state index contributed by atoms with van der Waals surface area (Å²) in [5.41, 5.74) is 1.84. The Hall–Kier alpha value is -2.58. The predicted octanol–water partition coefficient (Wildman–Crippen LogP) is 3.77. The Morgan fingerprint density at radius 3 is 2.62 bits per heavy atom.